The predicted octanol–water partition coefficient (Wildman–Crippen LogP) is 39.0. The highest BCUT2D eigenvalue weighted by molar-refractivity contribution is 5.89. The van der Waals surface area contributed by atoms with Crippen LogP contribution in [0, 0.1) is 0 Å². The van der Waals surface area contributed by atoms with Crippen LogP contribution in [0.25, 0.3) is 32.3 Å². The Morgan fingerprint density at radius 3 is 0.739 bits per heavy atom. The Morgan fingerprint density at radius 1 is 0.210 bits per heavy atom. The van der Waals surface area contributed by atoms with Gasteiger partial charge in [-0.1, -0.05) is 402 Å². The van der Waals surface area contributed by atoms with Crippen molar-refractivity contribution in [1.82, 2.24) is 0 Å². The number of para-hydroxylation sites is 6. The molecule has 0 bridgehead atoms. The van der Waals surface area contributed by atoms with E-state index in [2.05, 4.69) is 531 Å². The molecule has 2 heterocycles. The summed E-state index contributed by atoms with van der Waals surface area (Å²) in [5.74, 6) is 8.28. The van der Waals surface area contributed by atoms with Crippen molar-refractivity contribution in [3.63, 3.8) is 0 Å². The molecule has 0 aromatic heterocycles. The lowest BCUT2D eigenvalue weighted by molar-refractivity contribution is 0.631. The summed E-state index contributed by atoms with van der Waals surface area (Å²) in [5.41, 5.74) is 33.6. The van der Waals surface area contributed by atoms with Crippen LogP contribution in [-0.2, 0) is 12.8 Å². The second-order valence-corrected chi connectivity index (χ2v) is 41.0. The van der Waals surface area contributed by atoms with Crippen molar-refractivity contribution in [3.8, 4) is 0 Å². The molecule has 17 aromatic carbocycles. The number of rotatable bonds is 13. The topological polar surface area (TPSA) is 13.0 Å². The second kappa shape index (κ2) is 46.2. The van der Waals surface area contributed by atoms with Crippen LogP contribution in [-0.4, -0.2) is 13.1 Å². The van der Waals surface area contributed by atoms with E-state index in [1.165, 1.54) is 170 Å². The molecule has 4 aliphatic carbocycles. The Balaban J connectivity index is 0.000000115. The maximum absolute atomic E-state index is 2.61. The van der Waals surface area contributed by atoms with Crippen LogP contribution in [0.1, 0.15) is 298 Å². The molecular weight excluding hydrogens is 1670 g/mol. The van der Waals surface area contributed by atoms with Crippen molar-refractivity contribution in [3.05, 3.63) is 478 Å². The first kappa shape index (κ1) is 97.8. The molecule has 17 aromatic rings. The minimum atomic E-state index is 0.552. The van der Waals surface area contributed by atoms with E-state index in [1.807, 2.05) is 0 Å². The van der Waals surface area contributed by atoms with Gasteiger partial charge in [-0.25, -0.2) is 0 Å². The fourth-order valence-electron chi connectivity index (χ4n) is 22.1. The van der Waals surface area contributed by atoms with Crippen LogP contribution in [0.3, 0.4) is 0 Å². The molecule has 0 fully saturated rings. The van der Waals surface area contributed by atoms with E-state index in [1.54, 1.807) is 61.3 Å². The number of nitrogens with zero attached hydrogens (tertiary/aromatic N) is 4. The number of hydrogen-bond donors (Lipinski definition) is 0. The lowest BCUT2D eigenvalue weighted by Gasteiger charge is -2.37. The molecule has 138 heavy (non-hydrogen) atoms. The van der Waals surface area contributed by atoms with Crippen LogP contribution in [0.15, 0.2) is 400 Å². The largest absolute Gasteiger partial charge is 0.371 e. The average Bonchev–Trinajstić information content (AvgIpc) is 1.57. The zero-order valence-electron chi connectivity index (χ0n) is 84.9. The van der Waals surface area contributed by atoms with Gasteiger partial charge in [0.2, 0.25) is 0 Å². The Labute approximate surface area is 827 Å². The number of benzene rings is 17. The Bertz CT molecular complexity index is 6040. The summed E-state index contributed by atoms with van der Waals surface area (Å²) in [6.07, 6.45) is 10.5. The molecule has 702 valence electrons. The average molecular weight is 1810 g/mol. The molecule has 23 rings (SSSR count). The molecule has 0 spiro atoms. The fraction of sp³-hybridized carbons (Fsp3) is 0.284. The van der Waals surface area contributed by atoms with E-state index < -0.39 is 0 Å². The maximum atomic E-state index is 2.61. The van der Waals surface area contributed by atoms with Gasteiger partial charge in [-0.15, -0.1) is 0 Å². The number of fused-ring (bicyclic) bond motifs is 8. The van der Waals surface area contributed by atoms with Crippen molar-refractivity contribution in [2.45, 2.75) is 233 Å². The van der Waals surface area contributed by atoms with Crippen LogP contribution >= 0.6 is 0 Å². The summed E-state index contributed by atoms with van der Waals surface area (Å²) in [4.78, 5) is 9.46. The van der Waals surface area contributed by atoms with Gasteiger partial charge in [0, 0.05) is 70.0 Å². The normalized spacial score (nSPS) is 17.5. The summed E-state index contributed by atoms with van der Waals surface area (Å²) in [6.45, 7) is 39.2. The smallest absolute Gasteiger partial charge is 0.0461 e. The van der Waals surface area contributed by atoms with E-state index in [-0.39, 0.29) is 0 Å². The minimum absolute atomic E-state index is 0.552. The number of anilines is 10. The third kappa shape index (κ3) is 23.6. The summed E-state index contributed by atoms with van der Waals surface area (Å²) in [6, 6.07) is 143. The number of aryl methyl sites for hydroxylation is 2. The quantitative estimate of drug-likeness (QED) is 0.114. The van der Waals surface area contributed by atoms with Gasteiger partial charge < -0.3 is 19.6 Å². The highest BCUT2D eigenvalue weighted by atomic mass is 15.2. The molecule has 6 aliphatic rings. The predicted molar refractivity (Wildman–Crippen MR) is 599 cm³/mol. The van der Waals surface area contributed by atoms with Gasteiger partial charge in [0.05, 0.1) is 0 Å². The monoisotopic (exact) mass is 1810 g/mol. The van der Waals surface area contributed by atoms with Crippen LogP contribution in [0.5, 0.6) is 0 Å². The van der Waals surface area contributed by atoms with Crippen molar-refractivity contribution < 1.29 is 0 Å². The molecule has 0 amide bonds. The van der Waals surface area contributed by atoms with Gasteiger partial charge in [-0.3, -0.25) is 0 Å². The van der Waals surface area contributed by atoms with Gasteiger partial charge in [-0.2, -0.15) is 0 Å². The third-order valence-electron chi connectivity index (χ3n) is 29.5. The highest BCUT2D eigenvalue weighted by Gasteiger charge is 2.31. The SMILES string of the molecule is CC(C)c1cc2c3c(c1)CCCN3CCC2.CC(C)c1ccc(N(c2ccccc2)c2ccccc2)cc1.CC(C)c1ccc(N(c2ccccc2)c2ccccc2)cc1.CC(C)c1ccc(N(c2ccccc2)c2ccccc2)cc1.CC1CC(C)c2c1ccc1ccccc21.CC1CC(C)c2cc3ccccc3cc21.CC1CC(C)c2cc3ccccc3cc21.CC1CC(C)c2ccccc21. The van der Waals surface area contributed by atoms with Crippen LogP contribution in [0.4, 0.5) is 56.9 Å². The molecular formula is C134H146N4. The van der Waals surface area contributed by atoms with Crippen molar-refractivity contribution in [2.75, 3.05) is 32.7 Å². The molecule has 0 N–H and O–H groups in total. The van der Waals surface area contributed by atoms with E-state index in [4.69, 9.17) is 0 Å². The lowest BCUT2D eigenvalue weighted by atomic mass is 9.87. The minimum Gasteiger partial charge on any atom is -0.371 e. The standard InChI is InChI=1S/3C21H21N.C15H21N.3C15H16.C11H14/c3*1-17(2)18-13-15-21(16-14-18)22(19-9-5-3-6-10-19)20-11-7-4-8-12-20;1-11(2)14-9-12-5-3-7-16-8-4-6-13(10-14)15(12)16;2*1-10-7-11(2)15-9-13-6-4-3-5-12(13)8-14(10)15;1-10-9-11(2)15-13(10)8-7-12-5-3-4-6-14(12)15;1-8-7-9(2)11-6-4-3-5-10(8)11/h3*3-17H,1-2H3;9-11H,3-8H2,1-2H3;2*3-6,8-11H,7H2,1-2H3;3-8,10-11H,9H2,1-2H3;3-6,8-9H,7H2,1-2H3. The van der Waals surface area contributed by atoms with Crippen molar-refractivity contribution in [2.24, 2.45) is 0 Å². The second-order valence-electron chi connectivity index (χ2n) is 41.0. The first-order chi connectivity index (χ1) is 67.1. The Kier molecular flexibility index (Phi) is 32.8. The summed E-state index contributed by atoms with van der Waals surface area (Å²) in [7, 11) is 0. The zero-order chi connectivity index (χ0) is 96.3. The first-order valence-corrected chi connectivity index (χ1v) is 51.7. The molecule has 8 unspecified atom stereocenters. The molecule has 0 saturated carbocycles. The van der Waals surface area contributed by atoms with E-state index in [0.717, 1.165) is 47.3 Å². The van der Waals surface area contributed by atoms with Crippen molar-refractivity contribution >= 4 is 89.2 Å². The Hall–Kier alpha value is -13.3. The third-order valence-corrected chi connectivity index (χ3v) is 29.5. The highest BCUT2D eigenvalue weighted by Crippen LogP contribution is 2.49. The van der Waals surface area contributed by atoms with E-state index in [9.17, 15) is 0 Å². The van der Waals surface area contributed by atoms with Gasteiger partial charge in [0.15, 0.2) is 0 Å². The molecule has 2 aliphatic heterocycles. The van der Waals surface area contributed by atoms with Gasteiger partial charge in [0.1, 0.15) is 0 Å². The molecule has 0 saturated heterocycles. The maximum Gasteiger partial charge on any atom is 0.0461 e. The van der Waals surface area contributed by atoms with E-state index in [0.29, 0.717) is 23.7 Å². The molecule has 4 nitrogen and oxygen atoms in total. The summed E-state index contributed by atoms with van der Waals surface area (Å²) >= 11 is 0. The first-order valence-electron chi connectivity index (χ1n) is 51.7. The fourth-order valence-corrected chi connectivity index (χ4v) is 22.1. The number of hydrogen-bond acceptors (Lipinski definition) is 4. The zero-order valence-corrected chi connectivity index (χ0v) is 84.9. The Morgan fingerprint density at radius 2 is 0.449 bits per heavy atom. The summed E-state index contributed by atoms with van der Waals surface area (Å²) in [5, 5.41) is 8.40. The van der Waals surface area contributed by atoms with Gasteiger partial charge in [0.25, 0.3) is 0 Å². The van der Waals surface area contributed by atoms with Gasteiger partial charge >= 0.3 is 0 Å². The van der Waals surface area contributed by atoms with Crippen molar-refractivity contribution in [1.29, 1.82) is 0 Å². The van der Waals surface area contributed by atoms with Gasteiger partial charge in [-0.05, 0) is 342 Å². The van der Waals surface area contributed by atoms with Crippen LogP contribution in [0.2, 0.25) is 0 Å². The van der Waals surface area contributed by atoms with E-state index >= 15 is 0 Å². The van der Waals surface area contributed by atoms with Crippen LogP contribution < -0.4 is 19.6 Å². The molecule has 8 atom stereocenters. The summed E-state index contributed by atoms with van der Waals surface area (Å²) < 4.78 is 0. The molecule has 4 heteroatoms. The molecule has 0 radical (unpaired) electrons. The lowest BCUT2D eigenvalue weighted by Crippen LogP contribution is -2.34.